The second-order valence-corrected chi connectivity index (χ2v) is 9.57. The van der Waals surface area contributed by atoms with Gasteiger partial charge in [-0.2, -0.15) is 0 Å². The fourth-order valence-electron chi connectivity index (χ4n) is 4.59. The van der Waals surface area contributed by atoms with Crippen LogP contribution < -0.4 is 9.80 Å². The van der Waals surface area contributed by atoms with Gasteiger partial charge in [0, 0.05) is 44.6 Å². The van der Waals surface area contributed by atoms with Gasteiger partial charge < -0.3 is 14.7 Å². The van der Waals surface area contributed by atoms with E-state index >= 15 is 0 Å². The minimum Gasteiger partial charge on any atom is -0.334 e. The van der Waals surface area contributed by atoms with Gasteiger partial charge in [-0.1, -0.05) is 30.3 Å². The van der Waals surface area contributed by atoms with E-state index in [9.17, 15) is 14.4 Å². The summed E-state index contributed by atoms with van der Waals surface area (Å²) in [5.74, 6) is -0.535. The highest BCUT2D eigenvalue weighted by atomic mass is 16.2. The molecule has 0 radical (unpaired) electrons. The molecule has 7 nitrogen and oxygen atoms in total. The monoisotopic (exact) mass is 484 g/mol. The van der Waals surface area contributed by atoms with Gasteiger partial charge >= 0.3 is 0 Å². The maximum Gasteiger partial charge on any atom is 0.254 e. The van der Waals surface area contributed by atoms with Gasteiger partial charge in [0.25, 0.3) is 5.91 Å². The summed E-state index contributed by atoms with van der Waals surface area (Å²) < 4.78 is 0. The van der Waals surface area contributed by atoms with Crippen LogP contribution in [0.15, 0.2) is 73.1 Å². The molecule has 3 aromatic rings. The van der Waals surface area contributed by atoms with Crippen molar-refractivity contribution >= 4 is 29.1 Å². The van der Waals surface area contributed by atoms with Crippen molar-refractivity contribution in [1.29, 1.82) is 0 Å². The summed E-state index contributed by atoms with van der Waals surface area (Å²) in [6.07, 6.45) is 4.21. The molecule has 0 aliphatic carbocycles. The van der Waals surface area contributed by atoms with Crippen LogP contribution in [0.5, 0.6) is 0 Å². The normalized spacial score (nSPS) is 14.9. The fraction of sp³-hybridized carbons (Fsp3) is 0.310. The van der Waals surface area contributed by atoms with Gasteiger partial charge in [0.05, 0.1) is 11.4 Å². The van der Waals surface area contributed by atoms with E-state index in [-0.39, 0.29) is 17.7 Å². The Morgan fingerprint density at radius 1 is 0.944 bits per heavy atom. The van der Waals surface area contributed by atoms with Crippen LogP contribution in [0.1, 0.15) is 42.3 Å². The quantitative estimate of drug-likeness (QED) is 0.468. The van der Waals surface area contributed by atoms with Gasteiger partial charge in [-0.15, -0.1) is 0 Å². The molecule has 1 aliphatic heterocycles. The molecular formula is C29H32N4O3. The zero-order valence-electron chi connectivity index (χ0n) is 21.3. The number of fused-ring (bicyclic) bond motifs is 1. The van der Waals surface area contributed by atoms with Gasteiger partial charge in [-0.3, -0.25) is 19.4 Å². The van der Waals surface area contributed by atoms with Crippen molar-refractivity contribution in [3.05, 3.63) is 89.7 Å². The summed E-state index contributed by atoms with van der Waals surface area (Å²) in [6.45, 7) is 6.58. The Kier molecular flexibility index (Phi) is 7.20. The first-order chi connectivity index (χ1) is 17.2. The Labute approximate surface area is 212 Å². The number of anilines is 2. The number of aromatic nitrogens is 1. The third-order valence-electron chi connectivity index (χ3n) is 6.70. The zero-order chi connectivity index (χ0) is 25.9. The maximum absolute atomic E-state index is 13.5. The van der Waals surface area contributed by atoms with Crippen LogP contribution in [0.4, 0.5) is 11.4 Å². The molecule has 0 unspecified atom stereocenters. The van der Waals surface area contributed by atoms with Crippen LogP contribution in [0, 0.1) is 5.41 Å². The molecule has 2 aromatic carbocycles. The summed E-state index contributed by atoms with van der Waals surface area (Å²) in [5, 5.41) is 0. The van der Waals surface area contributed by atoms with Crippen LogP contribution >= 0.6 is 0 Å². The van der Waals surface area contributed by atoms with Crippen LogP contribution in [0.2, 0.25) is 0 Å². The SMILES string of the molecule is CCN1C(=O)C(C)(C)C(=O)N(C)c2cc(CN(CCc3cccnc3)C(=O)c3ccccc3)ccc21. The average molecular weight is 485 g/mol. The molecule has 0 bridgehead atoms. The number of nitrogens with zero attached hydrogens (tertiary/aromatic N) is 4. The van der Waals surface area contributed by atoms with E-state index in [2.05, 4.69) is 4.98 Å². The van der Waals surface area contributed by atoms with E-state index in [1.165, 1.54) is 0 Å². The number of benzene rings is 2. The first-order valence-corrected chi connectivity index (χ1v) is 12.2. The lowest BCUT2D eigenvalue weighted by atomic mass is 9.90. The lowest BCUT2D eigenvalue weighted by Crippen LogP contribution is -2.47. The topological polar surface area (TPSA) is 73.8 Å². The molecular weight excluding hydrogens is 452 g/mol. The highest BCUT2D eigenvalue weighted by molar-refractivity contribution is 6.19. The second kappa shape index (κ2) is 10.3. The maximum atomic E-state index is 13.5. The molecule has 0 N–H and O–H groups in total. The summed E-state index contributed by atoms with van der Waals surface area (Å²) in [4.78, 5) is 49.0. The third kappa shape index (κ3) is 4.87. The van der Waals surface area contributed by atoms with E-state index in [0.717, 1.165) is 11.1 Å². The Bertz CT molecular complexity index is 1260. The average Bonchev–Trinajstić information content (AvgIpc) is 2.95. The van der Waals surface area contributed by atoms with Crippen molar-refractivity contribution in [2.45, 2.75) is 33.7 Å². The Hall–Kier alpha value is -4.00. The smallest absolute Gasteiger partial charge is 0.254 e. The van der Waals surface area contributed by atoms with Gasteiger partial charge in [0.1, 0.15) is 5.41 Å². The molecule has 2 heterocycles. The van der Waals surface area contributed by atoms with E-state index in [0.29, 0.717) is 43.0 Å². The number of amides is 3. The lowest BCUT2D eigenvalue weighted by Gasteiger charge is -2.27. The molecule has 0 atom stereocenters. The van der Waals surface area contributed by atoms with E-state index in [1.54, 1.807) is 36.9 Å². The molecule has 0 saturated heterocycles. The van der Waals surface area contributed by atoms with Crippen LogP contribution in [0.25, 0.3) is 0 Å². The first kappa shape index (κ1) is 25.1. The third-order valence-corrected chi connectivity index (χ3v) is 6.70. The van der Waals surface area contributed by atoms with E-state index in [1.807, 2.05) is 78.7 Å². The Morgan fingerprint density at radius 3 is 2.36 bits per heavy atom. The van der Waals surface area contributed by atoms with Crippen molar-refractivity contribution < 1.29 is 14.4 Å². The molecule has 186 valence electrons. The standard InChI is InChI=1S/C29H32N4O3/c1-5-33-24-14-13-22(18-25(24)31(4)27(35)29(2,3)28(33)36)20-32(17-15-21-10-9-16-30-19-21)26(34)23-11-7-6-8-12-23/h6-14,16,18-19H,5,15,17,20H2,1-4H3. The number of rotatable bonds is 7. The molecule has 1 aliphatic rings. The summed E-state index contributed by atoms with van der Waals surface area (Å²) in [6, 6.07) is 18.8. The summed E-state index contributed by atoms with van der Waals surface area (Å²) in [5.41, 5.74) is 2.75. The van der Waals surface area contributed by atoms with Crippen LogP contribution in [-0.2, 0) is 22.6 Å². The lowest BCUT2D eigenvalue weighted by molar-refractivity contribution is -0.137. The number of carbonyl (C=O) groups excluding carboxylic acids is 3. The molecule has 0 fully saturated rings. The highest BCUT2D eigenvalue weighted by Crippen LogP contribution is 2.39. The molecule has 0 spiro atoms. The number of pyridine rings is 1. The number of hydrogen-bond donors (Lipinski definition) is 0. The largest absolute Gasteiger partial charge is 0.334 e. The van der Waals surface area contributed by atoms with Gasteiger partial charge in [0.2, 0.25) is 11.8 Å². The Balaban J connectivity index is 1.67. The molecule has 4 rings (SSSR count). The van der Waals surface area contributed by atoms with Crippen molar-refractivity contribution in [3.63, 3.8) is 0 Å². The molecule has 3 amide bonds. The fourth-order valence-corrected chi connectivity index (χ4v) is 4.59. The molecule has 1 aromatic heterocycles. The number of carbonyl (C=O) groups is 3. The van der Waals surface area contributed by atoms with Crippen LogP contribution in [0.3, 0.4) is 0 Å². The minimum absolute atomic E-state index is 0.0645. The van der Waals surface area contributed by atoms with Gasteiger partial charge in [0.15, 0.2) is 0 Å². The van der Waals surface area contributed by atoms with E-state index < -0.39 is 5.41 Å². The van der Waals surface area contributed by atoms with Crippen molar-refractivity contribution in [2.75, 3.05) is 29.9 Å². The molecule has 36 heavy (non-hydrogen) atoms. The van der Waals surface area contributed by atoms with E-state index in [4.69, 9.17) is 0 Å². The van der Waals surface area contributed by atoms with Crippen LogP contribution in [-0.4, -0.2) is 47.7 Å². The number of hydrogen-bond acceptors (Lipinski definition) is 4. The predicted molar refractivity (Wildman–Crippen MR) is 141 cm³/mol. The second-order valence-electron chi connectivity index (χ2n) is 9.57. The van der Waals surface area contributed by atoms with Crippen molar-refractivity contribution in [2.24, 2.45) is 5.41 Å². The molecule has 7 heteroatoms. The first-order valence-electron chi connectivity index (χ1n) is 12.2. The summed E-state index contributed by atoms with van der Waals surface area (Å²) in [7, 11) is 1.70. The minimum atomic E-state index is -1.16. The van der Waals surface area contributed by atoms with Crippen molar-refractivity contribution in [3.8, 4) is 0 Å². The summed E-state index contributed by atoms with van der Waals surface area (Å²) >= 11 is 0. The Morgan fingerprint density at radius 2 is 1.69 bits per heavy atom. The zero-order valence-corrected chi connectivity index (χ0v) is 21.3. The van der Waals surface area contributed by atoms with Gasteiger partial charge in [-0.25, -0.2) is 0 Å². The highest BCUT2D eigenvalue weighted by Gasteiger charge is 2.45. The molecule has 0 saturated carbocycles. The van der Waals surface area contributed by atoms with Crippen molar-refractivity contribution in [1.82, 2.24) is 9.88 Å². The predicted octanol–water partition coefficient (Wildman–Crippen LogP) is 4.32. The van der Waals surface area contributed by atoms with Gasteiger partial charge in [-0.05, 0) is 68.7 Å².